The first-order valence-corrected chi connectivity index (χ1v) is 10.1. The second-order valence-electron chi connectivity index (χ2n) is 5.60. The Morgan fingerprint density at radius 1 is 1.32 bits per heavy atom. The Kier molecular flexibility index (Phi) is 6.71. The molecule has 2 aromatic rings. The summed E-state index contributed by atoms with van der Waals surface area (Å²) in [6.45, 7) is -0.188. The Balaban J connectivity index is 1.70. The number of thiocarbonyl (C=S) groups is 1. The molecule has 0 saturated carbocycles. The van der Waals surface area contributed by atoms with Gasteiger partial charge in [0.15, 0.2) is 6.61 Å². The molecule has 1 saturated heterocycles. The average Bonchev–Trinajstić information content (AvgIpc) is 2.98. The highest BCUT2D eigenvalue weighted by Crippen LogP contribution is 2.31. The molecule has 1 fully saturated rings. The molecule has 28 heavy (non-hydrogen) atoms. The lowest BCUT2D eigenvalue weighted by atomic mass is 10.2. The second-order valence-corrected chi connectivity index (χ2v) is 8.24. The summed E-state index contributed by atoms with van der Waals surface area (Å²) in [7, 11) is 1.56. The summed E-state index contributed by atoms with van der Waals surface area (Å²) >= 11 is 9.59. The topological polar surface area (TPSA) is 76.7 Å². The highest BCUT2D eigenvalue weighted by atomic mass is 79.9. The number of rotatable bonds is 6. The number of carbonyl (C=O) groups excluding carboxylic acids is 2. The molecule has 1 aliphatic rings. The number of hydrogen-bond acceptors (Lipinski definition) is 6. The SMILES string of the molecule is COc1cccc(NC(=O)COc2ccc(Br)cc2/C=C2\SC(=S)NC2=O)c1. The van der Waals surface area contributed by atoms with Crippen LogP contribution in [0.1, 0.15) is 5.56 Å². The second kappa shape index (κ2) is 9.22. The molecular weight excluding hydrogens is 464 g/mol. The first-order valence-electron chi connectivity index (χ1n) is 8.06. The summed E-state index contributed by atoms with van der Waals surface area (Å²) in [5.41, 5.74) is 1.27. The zero-order chi connectivity index (χ0) is 20.1. The fourth-order valence-corrected chi connectivity index (χ4v) is 3.78. The molecule has 2 aromatic carbocycles. The van der Waals surface area contributed by atoms with Crippen molar-refractivity contribution in [3.63, 3.8) is 0 Å². The molecule has 0 atom stereocenters. The van der Waals surface area contributed by atoms with Crippen LogP contribution in [-0.4, -0.2) is 29.9 Å². The van der Waals surface area contributed by atoms with Crippen molar-refractivity contribution >= 4 is 67.8 Å². The molecule has 0 bridgehead atoms. The molecule has 1 aliphatic heterocycles. The van der Waals surface area contributed by atoms with Crippen molar-refractivity contribution < 1.29 is 19.1 Å². The molecule has 1 heterocycles. The van der Waals surface area contributed by atoms with E-state index < -0.39 is 0 Å². The molecule has 6 nitrogen and oxygen atoms in total. The monoisotopic (exact) mass is 478 g/mol. The minimum atomic E-state index is -0.316. The number of methoxy groups -OCH3 is 1. The fraction of sp³-hybridized carbons (Fsp3) is 0.105. The number of amides is 2. The summed E-state index contributed by atoms with van der Waals surface area (Å²) in [5, 5.41) is 5.32. The predicted molar refractivity (Wildman–Crippen MR) is 118 cm³/mol. The van der Waals surface area contributed by atoms with E-state index >= 15 is 0 Å². The summed E-state index contributed by atoms with van der Waals surface area (Å²) in [5.74, 6) is 0.550. The van der Waals surface area contributed by atoms with Crippen LogP contribution < -0.4 is 20.1 Å². The van der Waals surface area contributed by atoms with E-state index in [1.807, 2.05) is 0 Å². The van der Waals surface area contributed by atoms with Crippen molar-refractivity contribution in [1.82, 2.24) is 5.32 Å². The quantitative estimate of drug-likeness (QED) is 0.483. The van der Waals surface area contributed by atoms with E-state index in [1.54, 1.807) is 55.7 Å². The fourth-order valence-electron chi connectivity index (χ4n) is 2.37. The van der Waals surface area contributed by atoms with E-state index in [9.17, 15) is 9.59 Å². The molecule has 144 valence electrons. The summed E-state index contributed by atoms with van der Waals surface area (Å²) < 4.78 is 12.0. The van der Waals surface area contributed by atoms with Gasteiger partial charge in [-0.05, 0) is 36.4 Å². The maximum Gasteiger partial charge on any atom is 0.263 e. The lowest BCUT2D eigenvalue weighted by Gasteiger charge is -2.11. The molecular formula is C19H15BrN2O4S2. The molecule has 0 unspecified atom stereocenters. The first kappa shape index (κ1) is 20.4. The zero-order valence-electron chi connectivity index (χ0n) is 14.7. The Bertz CT molecular complexity index is 978. The lowest BCUT2D eigenvalue weighted by Crippen LogP contribution is -2.20. The largest absolute Gasteiger partial charge is 0.497 e. The van der Waals surface area contributed by atoms with Crippen LogP contribution in [0.2, 0.25) is 0 Å². The van der Waals surface area contributed by atoms with E-state index in [1.165, 1.54) is 11.8 Å². The van der Waals surface area contributed by atoms with Gasteiger partial charge in [0.05, 0.1) is 12.0 Å². The van der Waals surface area contributed by atoms with Crippen LogP contribution in [0.3, 0.4) is 0 Å². The highest BCUT2D eigenvalue weighted by Gasteiger charge is 2.22. The van der Waals surface area contributed by atoms with Crippen molar-refractivity contribution in [2.24, 2.45) is 0 Å². The predicted octanol–water partition coefficient (Wildman–Crippen LogP) is 3.96. The van der Waals surface area contributed by atoms with Gasteiger partial charge < -0.3 is 20.1 Å². The van der Waals surface area contributed by atoms with Gasteiger partial charge in [0.1, 0.15) is 15.8 Å². The molecule has 0 spiro atoms. The standard InChI is InChI=1S/C19H15BrN2O4S2/c1-25-14-4-2-3-13(9-14)21-17(23)10-26-15-6-5-12(20)7-11(15)8-16-18(24)22-19(27)28-16/h2-9H,10H2,1H3,(H,21,23)(H,22,24,27)/b16-8-. The number of benzene rings is 2. The summed E-state index contributed by atoms with van der Waals surface area (Å²) in [4.78, 5) is 24.6. The van der Waals surface area contributed by atoms with E-state index in [-0.39, 0.29) is 18.4 Å². The van der Waals surface area contributed by atoms with E-state index in [0.29, 0.717) is 32.0 Å². The zero-order valence-corrected chi connectivity index (χ0v) is 17.9. The van der Waals surface area contributed by atoms with Crippen LogP contribution in [0.25, 0.3) is 6.08 Å². The van der Waals surface area contributed by atoms with Gasteiger partial charge in [-0.15, -0.1) is 0 Å². The van der Waals surface area contributed by atoms with Gasteiger partial charge in [-0.2, -0.15) is 0 Å². The maximum atomic E-state index is 12.2. The number of nitrogens with one attached hydrogen (secondary N) is 2. The lowest BCUT2D eigenvalue weighted by molar-refractivity contribution is -0.118. The van der Waals surface area contributed by atoms with Gasteiger partial charge in [0.25, 0.3) is 11.8 Å². The third-order valence-corrected chi connectivity index (χ3v) is 5.27. The number of hydrogen-bond donors (Lipinski definition) is 2. The van der Waals surface area contributed by atoms with Crippen LogP contribution >= 0.6 is 39.9 Å². The molecule has 2 N–H and O–H groups in total. The average molecular weight is 479 g/mol. The van der Waals surface area contributed by atoms with Crippen molar-refractivity contribution in [3.05, 3.63) is 57.4 Å². The first-order chi connectivity index (χ1) is 13.4. The minimum absolute atomic E-state index is 0.188. The molecule has 0 aliphatic carbocycles. The van der Waals surface area contributed by atoms with Gasteiger partial charge in [-0.1, -0.05) is 46.0 Å². The van der Waals surface area contributed by atoms with Crippen LogP contribution in [-0.2, 0) is 9.59 Å². The third kappa shape index (κ3) is 5.34. The normalized spacial score (nSPS) is 14.7. The summed E-state index contributed by atoms with van der Waals surface area (Å²) in [6.07, 6.45) is 1.68. The van der Waals surface area contributed by atoms with Crippen molar-refractivity contribution in [1.29, 1.82) is 0 Å². The van der Waals surface area contributed by atoms with E-state index in [0.717, 1.165) is 4.47 Å². The summed E-state index contributed by atoms with van der Waals surface area (Å²) in [6, 6.07) is 12.4. The van der Waals surface area contributed by atoms with Crippen molar-refractivity contribution in [3.8, 4) is 11.5 Å². The molecule has 2 amide bonds. The van der Waals surface area contributed by atoms with Gasteiger partial charge in [0.2, 0.25) is 0 Å². The smallest absolute Gasteiger partial charge is 0.263 e. The highest BCUT2D eigenvalue weighted by molar-refractivity contribution is 9.10. The Morgan fingerprint density at radius 2 is 2.14 bits per heavy atom. The van der Waals surface area contributed by atoms with Gasteiger partial charge in [0, 0.05) is 21.8 Å². The molecule has 0 radical (unpaired) electrons. The van der Waals surface area contributed by atoms with Gasteiger partial charge in [-0.25, -0.2) is 0 Å². The van der Waals surface area contributed by atoms with Crippen LogP contribution in [0.4, 0.5) is 5.69 Å². The maximum absolute atomic E-state index is 12.2. The molecule has 9 heteroatoms. The van der Waals surface area contributed by atoms with Gasteiger partial charge >= 0.3 is 0 Å². The van der Waals surface area contributed by atoms with Crippen LogP contribution in [0, 0.1) is 0 Å². The van der Waals surface area contributed by atoms with E-state index in [2.05, 4.69) is 26.6 Å². The van der Waals surface area contributed by atoms with Crippen LogP contribution in [0.5, 0.6) is 11.5 Å². The Hall–Kier alpha value is -2.36. The van der Waals surface area contributed by atoms with E-state index in [4.69, 9.17) is 21.7 Å². The number of anilines is 1. The van der Waals surface area contributed by atoms with Crippen molar-refractivity contribution in [2.45, 2.75) is 0 Å². The third-order valence-electron chi connectivity index (χ3n) is 3.61. The van der Waals surface area contributed by atoms with Gasteiger partial charge in [-0.3, -0.25) is 9.59 Å². The molecule has 3 rings (SSSR count). The minimum Gasteiger partial charge on any atom is -0.497 e. The number of carbonyl (C=O) groups is 2. The number of ether oxygens (including phenoxy) is 2. The Labute approximate surface area is 179 Å². The molecule has 0 aromatic heterocycles. The Morgan fingerprint density at radius 3 is 2.86 bits per heavy atom. The van der Waals surface area contributed by atoms with Crippen molar-refractivity contribution in [2.75, 3.05) is 19.0 Å². The van der Waals surface area contributed by atoms with Crippen LogP contribution in [0.15, 0.2) is 51.8 Å². The number of halogens is 1. The number of thioether (sulfide) groups is 1.